The van der Waals surface area contributed by atoms with Gasteiger partial charge in [-0.15, -0.1) is 0 Å². The average molecular weight is 356 g/mol. The average Bonchev–Trinajstić information content (AvgIpc) is 3.02. The number of aryl methyl sites for hydroxylation is 3. The van der Waals surface area contributed by atoms with Crippen LogP contribution in [0, 0.1) is 13.8 Å². The molecule has 0 aliphatic carbocycles. The Morgan fingerprint density at radius 1 is 1.15 bits per heavy atom. The van der Waals surface area contributed by atoms with Gasteiger partial charge in [0.15, 0.2) is 0 Å². The third-order valence-electron chi connectivity index (χ3n) is 4.61. The first-order valence-electron chi connectivity index (χ1n) is 8.86. The van der Waals surface area contributed by atoms with Crippen molar-refractivity contribution in [2.24, 2.45) is 0 Å². The number of amides is 3. The normalized spacial score (nSPS) is 14.4. The summed E-state index contributed by atoms with van der Waals surface area (Å²) in [6, 6.07) is 7.55. The zero-order valence-electron chi connectivity index (χ0n) is 15.4. The molecule has 26 heavy (non-hydrogen) atoms. The second-order valence-electron chi connectivity index (χ2n) is 6.49. The first kappa shape index (κ1) is 18.0. The molecule has 0 spiro atoms. The summed E-state index contributed by atoms with van der Waals surface area (Å²) < 4.78 is 5.16. The lowest BCUT2D eigenvalue weighted by Crippen LogP contribution is -2.51. The van der Waals surface area contributed by atoms with E-state index in [-0.39, 0.29) is 11.9 Å². The van der Waals surface area contributed by atoms with Gasteiger partial charge in [0.1, 0.15) is 11.3 Å². The Balaban J connectivity index is 1.59. The Hall–Kier alpha value is -2.83. The number of nitrogens with zero attached hydrogens (tertiary/aromatic N) is 3. The van der Waals surface area contributed by atoms with E-state index < -0.39 is 0 Å². The molecule has 0 bridgehead atoms. The quantitative estimate of drug-likeness (QED) is 0.917. The van der Waals surface area contributed by atoms with Crippen molar-refractivity contribution < 1.29 is 14.1 Å². The highest BCUT2D eigenvalue weighted by molar-refractivity contribution is 5.96. The second-order valence-corrected chi connectivity index (χ2v) is 6.49. The van der Waals surface area contributed by atoms with Crippen molar-refractivity contribution in [3.63, 3.8) is 0 Å². The summed E-state index contributed by atoms with van der Waals surface area (Å²) in [5, 5.41) is 6.86. The molecular weight excluding hydrogens is 332 g/mol. The highest BCUT2D eigenvalue weighted by Crippen LogP contribution is 2.18. The minimum Gasteiger partial charge on any atom is -0.361 e. The number of rotatable bonds is 3. The molecule has 1 fully saturated rings. The molecule has 1 aromatic carbocycles. The lowest BCUT2D eigenvalue weighted by Gasteiger charge is -2.34. The Kier molecular flexibility index (Phi) is 5.25. The molecule has 3 rings (SSSR count). The molecular formula is C19H24N4O3. The maximum atomic E-state index is 12.8. The summed E-state index contributed by atoms with van der Waals surface area (Å²) in [5.74, 6) is 0.478. The summed E-state index contributed by atoms with van der Waals surface area (Å²) in [7, 11) is 0. The predicted molar refractivity (Wildman–Crippen MR) is 98.3 cm³/mol. The van der Waals surface area contributed by atoms with Crippen LogP contribution >= 0.6 is 0 Å². The summed E-state index contributed by atoms with van der Waals surface area (Å²) >= 11 is 0. The van der Waals surface area contributed by atoms with E-state index in [2.05, 4.69) is 10.5 Å². The minimum absolute atomic E-state index is 0.0701. The van der Waals surface area contributed by atoms with Gasteiger partial charge in [-0.2, -0.15) is 0 Å². The molecule has 138 valence electrons. The van der Waals surface area contributed by atoms with Gasteiger partial charge in [0.2, 0.25) is 0 Å². The first-order valence-corrected chi connectivity index (χ1v) is 8.86. The van der Waals surface area contributed by atoms with Crippen molar-refractivity contribution >= 4 is 17.6 Å². The van der Waals surface area contributed by atoms with Crippen LogP contribution in [-0.2, 0) is 6.42 Å². The van der Waals surface area contributed by atoms with E-state index in [1.807, 2.05) is 38.1 Å². The van der Waals surface area contributed by atoms with E-state index in [9.17, 15) is 9.59 Å². The van der Waals surface area contributed by atoms with Crippen LogP contribution in [0.25, 0.3) is 0 Å². The van der Waals surface area contributed by atoms with Gasteiger partial charge in [-0.3, -0.25) is 4.79 Å². The molecule has 0 unspecified atom stereocenters. The van der Waals surface area contributed by atoms with Crippen LogP contribution in [0.1, 0.15) is 34.3 Å². The van der Waals surface area contributed by atoms with Gasteiger partial charge in [-0.1, -0.05) is 24.2 Å². The predicted octanol–water partition coefficient (Wildman–Crippen LogP) is 2.84. The summed E-state index contributed by atoms with van der Waals surface area (Å²) in [6.45, 7) is 7.66. The fourth-order valence-electron chi connectivity index (χ4n) is 3.13. The zero-order chi connectivity index (χ0) is 18.7. The molecule has 1 saturated heterocycles. The van der Waals surface area contributed by atoms with Crippen molar-refractivity contribution in [1.29, 1.82) is 0 Å². The molecule has 1 N–H and O–H groups in total. The molecule has 0 radical (unpaired) electrons. The first-order chi connectivity index (χ1) is 12.5. The SMILES string of the molecule is CCc1noc(C)c1C(=O)N1CCN(C(=O)Nc2cccc(C)c2)CC1. The summed E-state index contributed by atoms with van der Waals surface area (Å²) in [6.07, 6.45) is 0.650. The van der Waals surface area contributed by atoms with E-state index in [4.69, 9.17) is 4.52 Å². The zero-order valence-corrected chi connectivity index (χ0v) is 15.4. The molecule has 2 aromatic rings. The second kappa shape index (κ2) is 7.59. The molecule has 0 atom stereocenters. The lowest BCUT2D eigenvalue weighted by molar-refractivity contribution is 0.0669. The lowest BCUT2D eigenvalue weighted by atomic mass is 10.1. The topological polar surface area (TPSA) is 78.7 Å². The number of piperazine rings is 1. The van der Waals surface area contributed by atoms with Gasteiger partial charge in [-0.25, -0.2) is 4.79 Å². The van der Waals surface area contributed by atoms with Gasteiger partial charge in [0.25, 0.3) is 5.91 Å². The number of hydrogen-bond donors (Lipinski definition) is 1. The molecule has 0 saturated carbocycles. The standard InChI is InChI=1S/C19H24N4O3/c1-4-16-17(14(3)26-21-16)18(24)22-8-10-23(11-9-22)19(25)20-15-7-5-6-13(2)12-15/h5-7,12H,4,8-11H2,1-3H3,(H,20,25). The van der Waals surface area contributed by atoms with Gasteiger partial charge < -0.3 is 19.6 Å². The number of hydrogen-bond acceptors (Lipinski definition) is 4. The summed E-state index contributed by atoms with van der Waals surface area (Å²) in [4.78, 5) is 28.7. The van der Waals surface area contributed by atoms with Crippen molar-refractivity contribution in [3.8, 4) is 0 Å². The molecule has 1 aliphatic heterocycles. The third-order valence-corrected chi connectivity index (χ3v) is 4.61. The number of urea groups is 1. The molecule has 1 aromatic heterocycles. The van der Waals surface area contributed by atoms with E-state index >= 15 is 0 Å². The van der Waals surface area contributed by atoms with Crippen LogP contribution in [0.3, 0.4) is 0 Å². The third kappa shape index (κ3) is 3.71. The van der Waals surface area contributed by atoms with Gasteiger partial charge in [0.05, 0.1) is 5.69 Å². The van der Waals surface area contributed by atoms with Crippen LogP contribution in [0.5, 0.6) is 0 Å². The maximum absolute atomic E-state index is 12.8. The Morgan fingerprint density at radius 3 is 2.50 bits per heavy atom. The van der Waals surface area contributed by atoms with Gasteiger partial charge >= 0.3 is 6.03 Å². The van der Waals surface area contributed by atoms with Crippen molar-refractivity contribution in [1.82, 2.24) is 15.0 Å². The Morgan fingerprint density at radius 2 is 1.85 bits per heavy atom. The fourth-order valence-corrected chi connectivity index (χ4v) is 3.13. The van der Waals surface area contributed by atoms with E-state index in [1.54, 1.807) is 16.7 Å². The van der Waals surface area contributed by atoms with Crippen LogP contribution in [0.15, 0.2) is 28.8 Å². The number of aromatic nitrogens is 1. The number of benzene rings is 1. The number of carbonyl (C=O) groups is 2. The summed E-state index contributed by atoms with van der Waals surface area (Å²) in [5.41, 5.74) is 3.12. The van der Waals surface area contributed by atoms with Crippen LogP contribution in [-0.4, -0.2) is 53.1 Å². The molecule has 2 heterocycles. The largest absolute Gasteiger partial charge is 0.361 e. The van der Waals surface area contributed by atoms with Crippen molar-refractivity contribution in [2.75, 3.05) is 31.5 Å². The van der Waals surface area contributed by atoms with Gasteiger partial charge in [-0.05, 0) is 38.0 Å². The highest BCUT2D eigenvalue weighted by atomic mass is 16.5. The molecule has 1 aliphatic rings. The Labute approximate surface area is 152 Å². The van der Waals surface area contributed by atoms with E-state index in [1.165, 1.54) is 0 Å². The van der Waals surface area contributed by atoms with Crippen molar-refractivity contribution in [2.45, 2.75) is 27.2 Å². The molecule has 7 heteroatoms. The number of anilines is 1. The van der Waals surface area contributed by atoms with Crippen molar-refractivity contribution in [3.05, 3.63) is 46.8 Å². The van der Waals surface area contributed by atoms with Crippen LogP contribution < -0.4 is 5.32 Å². The Bertz CT molecular complexity index is 807. The minimum atomic E-state index is -0.141. The molecule has 3 amide bonds. The smallest absolute Gasteiger partial charge is 0.321 e. The molecule has 7 nitrogen and oxygen atoms in total. The van der Waals surface area contributed by atoms with Crippen LogP contribution in [0.4, 0.5) is 10.5 Å². The number of nitrogens with one attached hydrogen (secondary N) is 1. The van der Waals surface area contributed by atoms with Crippen LogP contribution in [0.2, 0.25) is 0 Å². The van der Waals surface area contributed by atoms with Gasteiger partial charge in [0, 0.05) is 31.9 Å². The van der Waals surface area contributed by atoms with E-state index in [0.29, 0.717) is 49.6 Å². The fraction of sp³-hybridized carbons (Fsp3) is 0.421. The maximum Gasteiger partial charge on any atom is 0.321 e. The highest BCUT2D eigenvalue weighted by Gasteiger charge is 2.28. The monoisotopic (exact) mass is 356 g/mol. The number of carbonyl (C=O) groups excluding carboxylic acids is 2. The van der Waals surface area contributed by atoms with E-state index in [0.717, 1.165) is 11.3 Å².